The molecule has 1 rings (SSSR count). The topological polar surface area (TPSA) is 75.6 Å². The molecular formula is C17H20F2INO4. The summed E-state index contributed by atoms with van der Waals surface area (Å²) in [6, 6.07) is 1.22. The van der Waals surface area contributed by atoms with E-state index in [1.165, 1.54) is 0 Å². The zero-order valence-corrected chi connectivity index (χ0v) is 16.3. The molecule has 0 saturated carbocycles. The highest BCUT2D eigenvalue weighted by atomic mass is 127. The normalized spacial score (nSPS) is 12.9. The van der Waals surface area contributed by atoms with Crippen molar-refractivity contribution < 1.29 is 28.2 Å². The predicted octanol–water partition coefficient (Wildman–Crippen LogP) is 2.81. The summed E-state index contributed by atoms with van der Waals surface area (Å²) in [5.74, 6) is -3.71. The largest absolute Gasteiger partial charge is 0.462 e. The van der Waals surface area contributed by atoms with Crippen LogP contribution in [-0.4, -0.2) is 36.1 Å². The van der Waals surface area contributed by atoms with Gasteiger partial charge >= 0.3 is 5.97 Å². The van der Waals surface area contributed by atoms with E-state index in [0.29, 0.717) is 6.07 Å². The number of ketones is 1. The smallest absolute Gasteiger partial charge is 0.343 e. The number of esters is 1. The van der Waals surface area contributed by atoms with Gasteiger partial charge in [0.2, 0.25) is 5.78 Å². The fraction of sp³-hybridized carbons (Fsp3) is 0.412. The van der Waals surface area contributed by atoms with E-state index >= 15 is 0 Å². The summed E-state index contributed by atoms with van der Waals surface area (Å²) in [6.45, 7) is 5.06. The lowest BCUT2D eigenvalue weighted by Gasteiger charge is -2.19. The van der Waals surface area contributed by atoms with Crippen LogP contribution in [0.5, 0.6) is 0 Å². The van der Waals surface area contributed by atoms with Crippen molar-refractivity contribution >= 4 is 34.3 Å². The van der Waals surface area contributed by atoms with E-state index in [4.69, 9.17) is 4.74 Å². The molecule has 5 nitrogen and oxygen atoms in total. The van der Waals surface area contributed by atoms with Crippen LogP contribution in [0.3, 0.4) is 0 Å². The van der Waals surface area contributed by atoms with Crippen molar-refractivity contribution in [3.05, 3.63) is 44.7 Å². The molecule has 0 bridgehead atoms. The average molecular weight is 467 g/mol. The number of rotatable bonds is 8. The SMILES string of the molecule is CCOC(=O)C(=CN[C@@H](CO)C(C)C)C(=O)c1cc(I)c(F)cc1F. The van der Waals surface area contributed by atoms with E-state index in [-0.39, 0.29) is 22.7 Å². The Balaban J connectivity index is 3.26. The Morgan fingerprint density at radius 3 is 2.48 bits per heavy atom. The summed E-state index contributed by atoms with van der Waals surface area (Å²) < 4.78 is 32.3. The molecule has 0 aliphatic carbocycles. The van der Waals surface area contributed by atoms with E-state index in [1.54, 1.807) is 29.5 Å². The third kappa shape index (κ3) is 5.74. The van der Waals surface area contributed by atoms with Gasteiger partial charge in [0.05, 0.1) is 24.8 Å². The maximum absolute atomic E-state index is 14.0. The van der Waals surface area contributed by atoms with Gasteiger partial charge in [-0.15, -0.1) is 0 Å². The van der Waals surface area contributed by atoms with Crippen LogP contribution >= 0.6 is 22.6 Å². The minimum absolute atomic E-state index is 0.0169. The van der Waals surface area contributed by atoms with Gasteiger partial charge in [-0.2, -0.15) is 0 Å². The van der Waals surface area contributed by atoms with E-state index in [9.17, 15) is 23.5 Å². The van der Waals surface area contributed by atoms with E-state index in [2.05, 4.69) is 5.32 Å². The second-order valence-corrected chi connectivity index (χ2v) is 6.72. The molecule has 0 radical (unpaired) electrons. The van der Waals surface area contributed by atoms with E-state index < -0.39 is 40.6 Å². The van der Waals surface area contributed by atoms with Crippen molar-refractivity contribution in [1.82, 2.24) is 5.32 Å². The first-order valence-electron chi connectivity index (χ1n) is 7.66. The van der Waals surface area contributed by atoms with Gasteiger partial charge in [-0.05, 0) is 41.5 Å². The molecule has 0 aromatic heterocycles. The minimum atomic E-state index is -1.07. The number of halogens is 3. The first kappa shape index (κ1) is 21.5. The number of nitrogens with one attached hydrogen (secondary N) is 1. The molecule has 25 heavy (non-hydrogen) atoms. The Kier molecular flexibility index (Phi) is 8.43. The summed E-state index contributed by atoms with van der Waals surface area (Å²) in [7, 11) is 0. The Labute approximate surface area is 158 Å². The third-order valence-electron chi connectivity index (χ3n) is 3.44. The number of ether oxygens (including phenoxy) is 1. The second-order valence-electron chi connectivity index (χ2n) is 5.55. The molecule has 1 aromatic carbocycles. The summed E-state index contributed by atoms with van der Waals surface area (Å²) in [4.78, 5) is 24.7. The van der Waals surface area contributed by atoms with Crippen LogP contribution < -0.4 is 5.32 Å². The monoisotopic (exact) mass is 467 g/mol. The molecule has 0 unspecified atom stereocenters. The van der Waals surface area contributed by atoms with Gasteiger partial charge < -0.3 is 15.2 Å². The molecule has 0 aliphatic rings. The molecule has 8 heteroatoms. The summed E-state index contributed by atoms with van der Waals surface area (Å²) in [5.41, 5.74) is -0.862. The lowest BCUT2D eigenvalue weighted by molar-refractivity contribution is -0.138. The van der Waals surface area contributed by atoms with Crippen molar-refractivity contribution in [3.8, 4) is 0 Å². The molecule has 0 saturated heterocycles. The zero-order chi connectivity index (χ0) is 19.1. The first-order chi connectivity index (χ1) is 11.7. The van der Waals surface area contributed by atoms with Gasteiger partial charge in [-0.3, -0.25) is 4.79 Å². The second kappa shape index (κ2) is 9.81. The summed E-state index contributed by atoms with van der Waals surface area (Å²) in [5, 5.41) is 12.1. The van der Waals surface area contributed by atoms with Crippen LogP contribution in [-0.2, 0) is 9.53 Å². The highest BCUT2D eigenvalue weighted by molar-refractivity contribution is 14.1. The Morgan fingerprint density at radius 2 is 1.96 bits per heavy atom. The quantitative estimate of drug-likeness (QED) is 0.117. The maximum atomic E-state index is 14.0. The maximum Gasteiger partial charge on any atom is 0.343 e. The molecule has 1 aromatic rings. The standard InChI is InChI=1S/C17H20F2INO4/c1-4-25-17(24)11(7-21-15(8-22)9(2)3)16(23)10-5-14(20)13(19)6-12(10)18/h5-7,9,15,21-22H,4,8H2,1-3H3/t15-/m0/s1. The number of benzene rings is 1. The van der Waals surface area contributed by atoms with Gasteiger partial charge in [-0.25, -0.2) is 13.6 Å². The zero-order valence-electron chi connectivity index (χ0n) is 14.1. The number of aliphatic hydroxyl groups is 1. The van der Waals surface area contributed by atoms with Gasteiger partial charge in [0.1, 0.15) is 17.2 Å². The number of hydrogen-bond donors (Lipinski definition) is 2. The fourth-order valence-electron chi connectivity index (χ4n) is 1.91. The van der Waals surface area contributed by atoms with Gasteiger partial charge in [0.15, 0.2) is 0 Å². The first-order valence-corrected chi connectivity index (χ1v) is 8.74. The molecule has 0 spiro atoms. The molecule has 2 N–H and O–H groups in total. The highest BCUT2D eigenvalue weighted by Crippen LogP contribution is 2.20. The van der Waals surface area contributed by atoms with Crippen molar-refractivity contribution in [3.63, 3.8) is 0 Å². The number of aliphatic hydroxyl groups excluding tert-OH is 1. The third-order valence-corrected chi connectivity index (χ3v) is 4.26. The summed E-state index contributed by atoms with van der Waals surface area (Å²) >= 11 is 1.63. The van der Waals surface area contributed by atoms with Crippen molar-refractivity contribution in [2.75, 3.05) is 13.2 Å². The van der Waals surface area contributed by atoms with Crippen molar-refractivity contribution in [1.29, 1.82) is 0 Å². The van der Waals surface area contributed by atoms with Crippen LogP contribution in [0.1, 0.15) is 31.1 Å². The molecule has 1 atom stereocenters. The van der Waals surface area contributed by atoms with Crippen LogP contribution in [0.2, 0.25) is 0 Å². The van der Waals surface area contributed by atoms with Gasteiger partial charge in [0, 0.05) is 15.8 Å². The van der Waals surface area contributed by atoms with Crippen LogP contribution in [0.15, 0.2) is 23.9 Å². The molecule has 138 valence electrons. The summed E-state index contributed by atoms with van der Waals surface area (Å²) in [6.07, 6.45) is 1.11. The van der Waals surface area contributed by atoms with Gasteiger partial charge in [-0.1, -0.05) is 13.8 Å². The van der Waals surface area contributed by atoms with Crippen LogP contribution in [0.4, 0.5) is 8.78 Å². The van der Waals surface area contributed by atoms with Gasteiger partial charge in [0.25, 0.3) is 0 Å². The molecule has 0 fully saturated rings. The molecule has 0 heterocycles. The van der Waals surface area contributed by atoms with Crippen LogP contribution in [0.25, 0.3) is 0 Å². The average Bonchev–Trinajstić information content (AvgIpc) is 2.54. The van der Waals surface area contributed by atoms with Crippen LogP contribution in [0, 0.1) is 21.1 Å². The van der Waals surface area contributed by atoms with E-state index in [1.807, 2.05) is 13.8 Å². The predicted molar refractivity (Wildman–Crippen MR) is 97.0 cm³/mol. The molecule has 0 aliphatic heterocycles. The van der Waals surface area contributed by atoms with Crippen molar-refractivity contribution in [2.24, 2.45) is 5.92 Å². The molecule has 0 amide bonds. The van der Waals surface area contributed by atoms with Crippen molar-refractivity contribution in [2.45, 2.75) is 26.8 Å². The lowest BCUT2D eigenvalue weighted by Crippen LogP contribution is -2.34. The lowest BCUT2D eigenvalue weighted by atomic mass is 10.0. The number of Topliss-reactive ketones (excluding diaryl/α,β-unsaturated/α-hetero) is 1. The Hall–Kier alpha value is -1.55. The number of carbonyl (C=O) groups excluding carboxylic acids is 2. The number of carbonyl (C=O) groups is 2. The van der Waals surface area contributed by atoms with E-state index in [0.717, 1.165) is 12.3 Å². The Bertz CT molecular complexity index is 677. The minimum Gasteiger partial charge on any atom is -0.462 e. The number of hydrogen-bond acceptors (Lipinski definition) is 5. The Morgan fingerprint density at radius 1 is 1.32 bits per heavy atom. The fourth-order valence-corrected chi connectivity index (χ4v) is 2.38. The molecular weight excluding hydrogens is 447 g/mol. The highest BCUT2D eigenvalue weighted by Gasteiger charge is 2.25.